The Balaban J connectivity index is 1.77. The van der Waals surface area contributed by atoms with Gasteiger partial charge in [-0.25, -0.2) is 18.4 Å². The second kappa shape index (κ2) is 8.90. The monoisotopic (exact) mass is 414 g/mol. The molecule has 0 aliphatic heterocycles. The number of fused-ring (bicyclic) bond motifs is 1. The number of nitrogens with one attached hydrogen (secondary N) is 1. The standard InChI is InChI=1S/C23H28F2N4O/c1-6-13(2)17-7-9-18(10-8-17)15(4)27-20(30)12-29-23-21(16(5)28-29)19(22(24)25)11-14(3)26-23/h7-11,13,15,22H,6,12H2,1-5H3,(H,27,30). The highest BCUT2D eigenvalue weighted by atomic mass is 19.3. The van der Waals surface area contributed by atoms with Crippen molar-refractivity contribution in [3.63, 3.8) is 0 Å². The van der Waals surface area contributed by atoms with E-state index in [1.54, 1.807) is 13.8 Å². The van der Waals surface area contributed by atoms with E-state index in [2.05, 4.69) is 41.4 Å². The molecule has 2 atom stereocenters. The van der Waals surface area contributed by atoms with Gasteiger partial charge in [0, 0.05) is 11.3 Å². The molecule has 0 aliphatic carbocycles. The lowest BCUT2D eigenvalue weighted by Gasteiger charge is -2.16. The Bertz CT molecular complexity index is 1040. The lowest BCUT2D eigenvalue weighted by atomic mass is 9.96. The van der Waals surface area contributed by atoms with Gasteiger partial charge in [0.2, 0.25) is 5.91 Å². The quantitative estimate of drug-likeness (QED) is 0.565. The Morgan fingerprint density at radius 3 is 2.37 bits per heavy atom. The summed E-state index contributed by atoms with van der Waals surface area (Å²) in [7, 11) is 0. The van der Waals surface area contributed by atoms with Gasteiger partial charge in [0.1, 0.15) is 6.54 Å². The van der Waals surface area contributed by atoms with Crippen LogP contribution in [0.3, 0.4) is 0 Å². The average molecular weight is 415 g/mol. The number of amides is 1. The van der Waals surface area contributed by atoms with Crippen molar-refractivity contribution >= 4 is 16.9 Å². The summed E-state index contributed by atoms with van der Waals surface area (Å²) in [5.74, 6) is 0.245. The van der Waals surface area contributed by atoms with Gasteiger partial charge in [0.15, 0.2) is 5.65 Å². The Hall–Kier alpha value is -2.83. The maximum Gasteiger partial charge on any atom is 0.264 e. The van der Waals surface area contributed by atoms with Gasteiger partial charge >= 0.3 is 0 Å². The number of carbonyl (C=O) groups is 1. The summed E-state index contributed by atoms with van der Waals surface area (Å²) >= 11 is 0. The number of alkyl halides is 2. The van der Waals surface area contributed by atoms with E-state index < -0.39 is 6.43 Å². The highest BCUT2D eigenvalue weighted by Crippen LogP contribution is 2.30. The Kier molecular flexibility index (Phi) is 6.48. The Morgan fingerprint density at radius 2 is 1.77 bits per heavy atom. The van der Waals surface area contributed by atoms with Crippen molar-refractivity contribution in [1.29, 1.82) is 0 Å². The molecule has 2 unspecified atom stereocenters. The molecule has 30 heavy (non-hydrogen) atoms. The van der Waals surface area contributed by atoms with Gasteiger partial charge in [-0.3, -0.25) is 4.79 Å². The minimum Gasteiger partial charge on any atom is -0.348 e. The van der Waals surface area contributed by atoms with Crippen LogP contribution in [-0.4, -0.2) is 20.7 Å². The summed E-state index contributed by atoms with van der Waals surface area (Å²) in [6.07, 6.45) is -1.55. The minimum absolute atomic E-state index is 0.0846. The number of aryl methyl sites for hydroxylation is 2. The number of nitrogens with zero attached hydrogens (tertiary/aromatic N) is 3. The molecule has 0 fully saturated rings. The normalized spacial score (nSPS) is 13.6. The third kappa shape index (κ3) is 4.50. The average Bonchev–Trinajstić information content (AvgIpc) is 3.01. The number of carbonyl (C=O) groups excluding carboxylic acids is 1. The predicted octanol–water partition coefficient (Wildman–Crippen LogP) is 5.38. The zero-order valence-corrected chi connectivity index (χ0v) is 18.0. The van der Waals surface area contributed by atoms with E-state index in [9.17, 15) is 13.6 Å². The maximum absolute atomic E-state index is 13.4. The molecule has 0 spiro atoms. The van der Waals surface area contributed by atoms with Crippen LogP contribution in [0.25, 0.3) is 11.0 Å². The first-order valence-corrected chi connectivity index (χ1v) is 10.2. The number of hydrogen-bond acceptors (Lipinski definition) is 3. The molecule has 0 saturated carbocycles. The van der Waals surface area contributed by atoms with Crippen molar-refractivity contribution in [2.45, 2.75) is 66.0 Å². The number of pyridine rings is 1. The van der Waals surface area contributed by atoms with Crippen LogP contribution in [0.1, 0.15) is 73.7 Å². The summed E-state index contributed by atoms with van der Waals surface area (Å²) in [5, 5.41) is 7.57. The van der Waals surface area contributed by atoms with Crippen molar-refractivity contribution in [2.24, 2.45) is 0 Å². The molecule has 0 bridgehead atoms. The molecule has 160 valence electrons. The van der Waals surface area contributed by atoms with Crippen molar-refractivity contribution in [3.8, 4) is 0 Å². The summed E-state index contributed by atoms with van der Waals surface area (Å²) in [4.78, 5) is 17.0. The van der Waals surface area contributed by atoms with Crippen LogP contribution >= 0.6 is 0 Å². The highest BCUT2D eigenvalue weighted by Gasteiger charge is 2.21. The Morgan fingerprint density at radius 1 is 1.13 bits per heavy atom. The Labute approximate surface area is 175 Å². The molecule has 2 aromatic heterocycles. The van der Waals surface area contributed by atoms with E-state index in [-0.39, 0.29) is 24.1 Å². The molecule has 0 radical (unpaired) electrons. The zero-order valence-electron chi connectivity index (χ0n) is 18.0. The van der Waals surface area contributed by atoms with Crippen molar-refractivity contribution in [1.82, 2.24) is 20.1 Å². The van der Waals surface area contributed by atoms with Crippen LogP contribution in [-0.2, 0) is 11.3 Å². The molecule has 2 heterocycles. The van der Waals surface area contributed by atoms with E-state index in [0.717, 1.165) is 12.0 Å². The topological polar surface area (TPSA) is 59.8 Å². The lowest BCUT2D eigenvalue weighted by molar-refractivity contribution is -0.122. The van der Waals surface area contributed by atoms with Crippen LogP contribution in [0, 0.1) is 13.8 Å². The summed E-state index contributed by atoms with van der Waals surface area (Å²) in [6, 6.07) is 9.43. The maximum atomic E-state index is 13.4. The molecule has 0 aliphatic rings. The molecule has 0 saturated heterocycles. The molecular formula is C23H28F2N4O. The van der Waals surface area contributed by atoms with E-state index in [4.69, 9.17) is 0 Å². The van der Waals surface area contributed by atoms with Gasteiger partial charge in [0.05, 0.1) is 17.1 Å². The van der Waals surface area contributed by atoms with Crippen LogP contribution in [0.15, 0.2) is 30.3 Å². The number of hydrogen-bond donors (Lipinski definition) is 1. The fourth-order valence-electron chi connectivity index (χ4n) is 3.66. The van der Waals surface area contributed by atoms with Crippen LogP contribution in [0.2, 0.25) is 0 Å². The van der Waals surface area contributed by atoms with E-state index in [1.165, 1.54) is 16.3 Å². The third-order valence-corrected chi connectivity index (χ3v) is 5.56. The third-order valence-electron chi connectivity index (χ3n) is 5.56. The number of aromatic nitrogens is 3. The minimum atomic E-state index is -2.63. The molecule has 3 aromatic rings. The van der Waals surface area contributed by atoms with Gasteiger partial charge in [-0.05, 0) is 50.3 Å². The summed E-state index contributed by atoms with van der Waals surface area (Å²) in [5.41, 5.74) is 3.39. The van der Waals surface area contributed by atoms with Crippen molar-refractivity contribution < 1.29 is 13.6 Å². The van der Waals surface area contributed by atoms with Gasteiger partial charge in [-0.2, -0.15) is 5.10 Å². The lowest BCUT2D eigenvalue weighted by Crippen LogP contribution is -2.30. The van der Waals surface area contributed by atoms with Crippen LogP contribution in [0.4, 0.5) is 8.78 Å². The molecule has 1 amide bonds. The molecule has 5 nitrogen and oxygen atoms in total. The first-order chi connectivity index (χ1) is 14.2. The zero-order chi connectivity index (χ0) is 22.0. The summed E-state index contributed by atoms with van der Waals surface area (Å²) in [6.45, 7) is 9.48. The molecule has 3 rings (SSSR count). The van der Waals surface area contributed by atoms with Crippen molar-refractivity contribution in [3.05, 3.63) is 58.4 Å². The van der Waals surface area contributed by atoms with Gasteiger partial charge in [0.25, 0.3) is 6.43 Å². The van der Waals surface area contributed by atoms with Gasteiger partial charge in [-0.1, -0.05) is 38.1 Å². The first kappa shape index (κ1) is 21.9. The van der Waals surface area contributed by atoms with E-state index in [0.29, 0.717) is 28.3 Å². The first-order valence-electron chi connectivity index (χ1n) is 10.2. The number of benzene rings is 1. The van der Waals surface area contributed by atoms with Crippen molar-refractivity contribution in [2.75, 3.05) is 0 Å². The second-order valence-corrected chi connectivity index (χ2v) is 7.86. The molecule has 1 aromatic carbocycles. The van der Waals surface area contributed by atoms with E-state index in [1.807, 2.05) is 19.1 Å². The second-order valence-electron chi connectivity index (χ2n) is 7.86. The number of halogens is 2. The largest absolute Gasteiger partial charge is 0.348 e. The predicted molar refractivity (Wildman–Crippen MR) is 114 cm³/mol. The van der Waals surface area contributed by atoms with Gasteiger partial charge < -0.3 is 5.32 Å². The smallest absolute Gasteiger partial charge is 0.264 e. The summed E-state index contributed by atoms with van der Waals surface area (Å²) < 4.78 is 28.3. The van der Waals surface area contributed by atoms with Crippen LogP contribution in [0.5, 0.6) is 0 Å². The fraction of sp³-hybridized carbons (Fsp3) is 0.435. The SMILES string of the molecule is CCC(C)c1ccc(C(C)NC(=O)Cn2nc(C)c3c(C(F)F)cc(C)nc32)cc1. The highest BCUT2D eigenvalue weighted by molar-refractivity contribution is 5.84. The fourth-order valence-corrected chi connectivity index (χ4v) is 3.66. The molecule has 1 N–H and O–H groups in total. The molecule has 7 heteroatoms. The van der Waals surface area contributed by atoms with Gasteiger partial charge in [-0.15, -0.1) is 0 Å². The van der Waals surface area contributed by atoms with Crippen LogP contribution < -0.4 is 5.32 Å². The number of rotatable bonds is 7. The van der Waals surface area contributed by atoms with E-state index >= 15 is 0 Å². The molecular weight excluding hydrogens is 386 g/mol.